The Balaban J connectivity index is 2.38. The first-order valence-electron chi connectivity index (χ1n) is 5.56. The second-order valence-electron chi connectivity index (χ2n) is 4.84. The van der Waals surface area contributed by atoms with Gasteiger partial charge in [0.2, 0.25) is 0 Å². The number of nitrogens with one attached hydrogen (secondary N) is 1. The zero-order valence-corrected chi connectivity index (χ0v) is 9.71. The van der Waals surface area contributed by atoms with Crippen LogP contribution in [0, 0.1) is 11.8 Å². The number of likely N-dealkylation sites (tertiary alicyclic amines) is 1. The Bertz CT molecular complexity index is 201. The monoisotopic (exact) mass is 198 g/mol. The van der Waals surface area contributed by atoms with E-state index in [1.807, 2.05) is 18.7 Å². The fourth-order valence-corrected chi connectivity index (χ4v) is 1.85. The number of nitrogens with zero attached hydrogens (tertiary/aromatic N) is 1. The van der Waals surface area contributed by atoms with Gasteiger partial charge in [-0.2, -0.15) is 0 Å². The average Bonchev–Trinajstić information content (AvgIpc) is 2.50. The highest BCUT2D eigenvalue weighted by Crippen LogP contribution is 2.23. The normalized spacial score (nSPS) is 22.1. The van der Waals surface area contributed by atoms with Crippen LogP contribution < -0.4 is 5.32 Å². The fourth-order valence-electron chi connectivity index (χ4n) is 1.85. The van der Waals surface area contributed by atoms with E-state index in [-0.39, 0.29) is 12.1 Å². The first-order valence-corrected chi connectivity index (χ1v) is 5.56. The third kappa shape index (κ3) is 2.89. The van der Waals surface area contributed by atoms with Crippen LogP contribution in [0.15, 0.2) is 0 Å². The van der Waals surface area contributed by atoms with E-state index in [4.69, 9.17) is 0 Å². The summed E-state index contributed by atoms with van der Waals surface area (Å²) in [5.41, 5.74) is 0. The Morgan fingerprint density at radius 2 is 2.00 bits per heavy atom. The minimum absolute atomic E-state index is 0.100. The second kappa shape index (κ2) is 4.67. The molecule has 1 rings (SSSR count). The van der Waals surface area contributed by atoms with Crippen LogP contribution in [0.1, 0.15) is 34.1 Å². The molecule has 0 bridgehead atoms. The maximum Gasteiger partial charge on any atom is 0.317 e. The van der Waals surface area contributed by atoms with Gasteiger partial charge in [0.1, 0.15) is 0 Å². The zero-order chi connectivity index (χ0) is 10.7. The molecule has 82 valence electrons. The van der Waals surface area contributed by atoms with E-state index in [9.17, 15) is 4.79 Å². The molecule has 3 heteroatoms. The standard InChI is InChI=1S/C11H22N2O/c1-8(2)10-5-6-13(7-10)11(14)12-9(3)4/h8-10H,5-7H2,1-4H3,(H,12,14)/t10-/m0/s1. The van der Waals surface area contributed by atoms with Gasteiger partial charge in [0.15, 0.2) is 0 Å². The molecule has 0 aliphatic carbocycles. The molecule has 2 amide bonds. The van der Waals surface area contributed by atoms with Crippen LogP contribution in [0.2, 0.25) is 0 Å². The van der Waals surface area contributed by atoms with Crippen molar-refractivity contribution in [2.24, 2.45) is 11.8 Å². The van der Waals surface area contributed by atoms with Gasteiger partial charge in [-0.1, -0.05) is 13.8 Å². The van der Waals surface area contributed by atoms with Gasteiger partial charge in [0.25, 0.3) is 0 Å². The number of carbonyl (C=O) groups excluding carboxylic acids is 1. The molecular formula is C11H22N2O. The summed E-state index contributed by atoms with van der Waals surface area (Å²) < 4.78 is 0. The molecule has 0 unspecified atom stereocenters. The lowest BCUT2D eigenvalue weighted by molar-refractivity contribution is 0.203. The highest BCUT2D eigenvalue weighted by atomic mass is 16.2. The van der Waals surface area contributed by atoms with E-state index in [2.05, 4.69) is 19.2 Å². The highest BCUT2D eigenvalue weighted by molar-refractivity contribution is 5.74. The Hall–Kier alpha value is -0.730. The molecule has 0 saturated carbocycles. The summed E-state index contributed by atoms with van der Waals surface area (Å²) >= 11 is 0. The van der Waals surface area contributed by atoms with Gasteiger partial charge in [-0.15, -0.1) is 0 Å². The first kappa shape index (κ1) is 11.3. The number of carbonyl (C=O) groups is 1. The van der Waals surface area contributed by atoms with E-state index >= 15 is 0 Å². The molecule has 0 aromatic carbocycles. The average molecular weight is 198 g/mol. The summed E-state index contributed by atoms with van der Waals surface area (Å²) in [5, 5.41) is 2.93. The Kier molecular flexibility index (Phi) is 3.78. The number of hydrogen-bond donors (Lipinski definition) is 1. The molecule has 1 aliphatic rings. The highest BCUT2D eigenvalue weighted by Gasteiger charge is 2.27. The topological polar surface area (TPSA) is 32.3 Å². The number of rotatable bonds is 2. The fraction of sp³-hybridized carbons (Fsp3) is 0.909. The molecule has 3 nitrogen and oxygen atoms in total. The largest absolute Gasteiger partial charge is 0.336 e. The van der Waals surface area contributed by atoms with Gasteiger partial charge < -0.3 is 10.2 Å². The molecule has 0 aromatic rings. The maximum atomic E-state index is 11.6. The van der Waals surface area contributed by atoms with Crippen molar-refractivity contribution in [3.05, 3.63) is 0 Å². The lowest BCUT2D eigenvalue weighted by Gasteiger charge is -2.20. The number of amides is 2. The van der Waals surface area contributed by atoms with Crippen molar-refractivity contribution in [1.82, 2.24) is 10.2 Å². The zero-order valence-electron chi connectivity index (χ0n) is 9.71. The quantitative estimate of drug-likeness (QED) is 0.724. The molecule has 1 aliphatic heterocycles. The summed E-state index contributed by atoms with van der Waals surface area (Å²) in [7, 11) is 0. The SMILES string of the molecule is CC(C)NC(=O)N1CC[C@H](C(C)C)C1. The Morgan fingerprint density at radius 1 is 1.36 bits per heavy atom. The van der Waals surface area contributed by atoms with E-state index in [1.54, 1.807) is 0 Å². The summed E-state index contributed by atoms with van der Waals surface area (Å²) in [5.74, 6) is 1.37. The molecule has 0 spiro atoms. The van der Waals surface area contributed by atoms with Crippen molar-refractivity contribution >= 4 is 6.03 Å². The molecule has 1 atom stereocenters. The number of hydrogen-bond acceptors (Lipinski definition) is 1. The molecule has 1 saturated heterocycles. The molecule has 14 heavy (non-hydrogen) atoms. The van der Waals surface area contributed by atoms with Crippen molar-refractivity contribution in [2.75, 3.05) is 13.1 Å². The van der Waals surface area contributed by atoms with Crippen molar-refractivity contribution in [2.45, 2.75) is 40.2 Å². The van der Waals surface area contributed by atoms with Crippen LogP contribution >= 0.6 is 0 Å². The first-order chi connectivity index (χ1) is 6.50. The van der Waals surface area contributed by atoms with Crippen molar-refractivity contribution in [3.8, 4) is 0 Å². The molecular weight excluding hydrogens is 176 g/mol. The van der Waals surface area contributed by atoms with E-state index in [1.165, 1.54) is 0 Å². The van der Waals surface area contributed by atoms with Crippen molar-refractivity contribution in [3.63, 3.8) is 0 Å². The predicted molar refractivity (Wildman–Crippen MR) is 58.2 cm³/mol. The lowest BCUT2D eigenvalue weighted by Crippen LogP contribution is -2.41. The number of urea groups is 1. The summed E-state index contributed by atoms with van der Waals surface area (Å²) in [4.78, 5) is 13.6. The summed E-state index contributed by atoms with van der Waals surface area (Å²) in [6.45, 7) is 10.3. The van der Waals surface area contributed by atoms with E-state index in [0.717, 1.165) is 19.5 Å². The molecule has 1 heterocycles. The molecule has 1 N–H and O–H groups in total. The Morgan fingerprint density at radius 3 is 2.43 bits per heavy atom. The molecule has 0 radical (unpaired) electrons. The van der Waals surface area contributed by atoms with Gasteiger partial charge in [0, 0.05) is 19.1 Å². The third-order valence-electron chi connectivity index (χ3n) is 2.87. The van der Waals surface area contributed by atoms with Crippen LogP contribution in [0.25, 0.3) is 0 Å². The van der Waals surface area contributed by atoms with E-state index < -0.39 is 0 Å². The minimum atomic E-state index is 0.100. The van der Waals surface area contributed by atoms with Crippen LogP contribution in [-0.2, 0) is 0 Å². The van der Waals surface area contributed by atoms with Gasteiger partial charge in [-0.25, -0.2) is 4.79 Å². The maximum absolute atomic E-state index is 11.6. The lowest BCUT2D eigenvalue weighted by atomic mass is 9.95. The van der Waals surface area contributed by atoms with Crippen LogP contribution in [-0.4, -0.2) is 30.1 Å². The third-order valence-corrected chi connectivity index (χ3v) is 2.87. The predicted octanol–water partition coefficient (Wildman–Crippen LogP) is 2.08. The minimum Gasteiger partial charge on any atom is -0.336 e. The molecule has 1 fully saturated rings. The van der Waals surface area contributed by atoms with Crippen molar-refractivity contribution in [1.29, 1.82) is 0 Å². The summed E-state index contributed by atoms with van der Waals surface area (Å²) in [6.07, 6.45) is 1.16. The van der Waals surface area contributed by atoms with Crippen LogP contribution in [0.4, 0.5) is 4.79 Å². The second-order valence-corrected chi connectivity index (χ2v) is 4.84. The van der Waals surface area contributed by atoms with Crippen LogP contribution in [0.5, 0.6) is 0 Å². The van der Waals surface area contributed by atoms with Crippen LogP contribution in [0.3, 0.4) is 0 Å². The van der Waals surface area contributed by atoms with Gasteiger partial charge in [-0.3, -0.25) is 0 Å². The van der Waals surface area contributed by atoms with Gasteiger partial charge in [0.05, 0.1) is 0 Å². The smallest absolute Gasteiger partial charge is 0.317 e. The summed E-state index contributed by atoms with van der Waals surface area (Å²) in [6, 6.07) is 0.337. The van der Waals surface area contributed by atoms with Gasteiger partial charge >= 0.3 is 6.03 Å². The van der Waals surface area contributed by atoms with Crippen molar-refractivity contribution < 1.29 is 4.79 Å². The Labute approximate surface area is 86.9 Å². The molecule has 0 aromatic heterocycles. The van der Waals surface area contributed by atoms with E-state index in [0.29, 0.717) is 11.8 Å². The van der Waals surface area contributed by atoms with Gasteiger partial charge in [-0.05, 0) is 32.1 Å².